The van der Waals surface area contributed by atoms with Crippen LogP contribution in [0.4, 0.5) is 5.69 Å². The highest BCUT2D eigenvalue weighted by Gasteiger charge is 2.23. The van der Waals surface area contributed by atoms with Gasteiger partial charge in [-0.05, 0) is 37.6 Å². The van der Waals surface area contributed by atoms with Crippen LogP contribution in [0.5, 0.6) is 11.5 Å². The first-order chi connectivity index (χ1) is 12.8. The van der Waals surface area contributed by atoms with Crippen molar-refractivity contribution >= 4 is 21.6 Å². The number of ether oxygens (including phenoxy) is 2. The fourth-order valence-corrected chi connectivity index (χ4v) is 3.63. The van der Waals surface area contributed by atoms with Crippen molar-refractivity contribution in [1.29, 1.82) is 0 Å². The topological polar surface area (TPSA) is 93.7 Å². The van der Waals surface area contributed by atoms with Gasteiger partial charge in [-0.25, -0.2) is 8.42 Å². The van der Waals surface area contributed by atoms with Gasteiger partial charge in [0.25, 0.3) is 15.9 Å². The first kappa shape index (κ1) is 20.6. The molecule has 0 bridgehead atoms. The number of anilines is 1. The number of carbonyl (C=O) groups excluding carboxylic acids is 1. The van der Waals surface area contributed by atoms with E-state index in [1.807, 2.05) is 13.8 Å². The highest BCUT2D eigenvalue weighted by molar-refractivity contribution is 7.92. The molecule has 0 fully saturated rings. The number of hydrogen-bond acceptors (Lipinski definition) is 5. The van der Waals surface area contributed by atoms with Gasteiger partial charge in [0.05, 0.1) is 25.5 Å². The van der Waals surface area contributed by atoms with Gasteiger partial charge in [-0.15, -0.1) is 0 Å². The molecule has 0 aromatic heterocycles. The molecule has 8 heteroatoms. The molecule has 2 N–H and O–H groups in total. The number of methoxy groups -OCH3 is 2. The first-order valence-electron chi connectivity index (χ1n) is 8.47. The van der Waals surface area contributed by atoms with E-state index in [4.69, 9.17) is 9.47 Å². The molecule has 146 valence electrons. The van der Waals surface area contributed by atoms with Gasteiger partial charge >= 0.3 is 0 Å². The van der Waals surface area contributed by atoms with Gasteiger partial charge in [-0.3, -0.25) is 9.52 Å². The minimum Gasteiger partial charge on any atom is -0.497 e. The first-order valence-corrected chi connectivity index (χ1v) is 9.95. The molecule has 0 aliphatic rings. The molecule has 2 rings (SSSR count). The number of nitrogens with one attached hydrogen (secondary N) is 2. The van der Waals surface area contributed by atoms with E-state index in [9.17, 15) is 13.2 Å². The average Bonchev–Trinajstić information content (AvgIpc) is 2.67. The van der Waals surface area contributed by atoms with Crippen molar-refractivity contribution in [2.45, 2.75) is 31.2 Å². The maximum atomic E-state index is 12.9. The van der Waals surface area contributed by atoms with Gasteiger partial charge in [0.1, 0.15) is 16.4 Å². The molecule has 0 spiro atoms. The lowest BCUT2D eigenvalue weighted by Crippen LogP contribution is -2.32. The Kier molecular flexibility index (Phi) is 6.68. The van der Waals surface area contributed by atoms with Crippen molar-refractivity contribution < 1.29 is 22.7 Å². The summed E-state index contributed by atoms with van der Waals surface area (Å²) in [5.74, 6) is 0.198. The fourth-order valence-electron chi connectivity index (χ4n) is 2.37. The Balaban J connectivity index is 2.41. The van der Waals surface area contributed by atoms with Gasteiger partial charge in [0, 0.05) is 12.1 Å². The van der Waals surface area contributed by atoms with E-state index in [0.29, 0.717) is 5.75 Å². The number of rotatable bonds is 8. The van der Waals surface area contributed by atoms with E-state index in [-0.39, 0.29) is 33.8 Å². The largest absolute Gasteiger partial charge is 0.497 e. The molecule has 0 aliphatic carbocycles. The monoisotopic (exact) mass is 392 g/mol. The van der Waals surface area contributed by atoms with Gasteiger partial charge < -0.3 is 14.8 Å². The highest BCUT2D eigenvalue weighted by atomic mass is 32.2. The minimum absolute atomic E-state index is 0.0272. The number of hydrogen-bond donors (Lipinski definition) is 2. The lowest BCUT2D eigenvalue weighted by molar-refractivity contribution is 0.0940. The lowest BCUT2D eigenvalue weighted by Gasteiger charge is -2.16. The molecule has 2 aromatic rings. The lowest BCUT2D eigenvalue weighted by atomic mass is 10.1. The minimum atomic E-state index is -4.01. The summed E-state index contributed by atoms with van der Waals surface area (Å²) in [6.07, 6.45) is 0.765. The van der Waals surface area contributed by atoms with Crippen LogP contribution in [-0.4, -0.2) is 34.6 Å². The molecule has 0 aliphatic heterocycles. The van der Waals surface area contributed by atoms with Gasteiger partial charge in [-0.2, -0.15) is 0 Å². The normalized spacial score (nSPS) is 12.1. The van der Waals surface area contributed by atoms with Crippen molar-refractivity contribution in [1.82, 2.24) is 5.32 Å². The van der Waals surface area contributed by atoms with E-state index < -0.39 is 10.0 Å². The molecule has 1 amide bonds. The number of para-hydroxylation sites is 1. The molecule has 0 radical (unpaired) electrons. The zero-order valence-electron chi connectivity index (χ0n) is 15.8. The number of amides is 1. The molecular weight excluding hydrogens is 368 g/mol. The molecular formula is C19H24N2O5S. The summed E-state index contributed by atoms with van der Waals surface area (Å²) in [6, 6.07) is 10.9. The zero-order valence-corrected chi connectivity index (χ0v) is 16.6. The maximum Gasteiger partial charge on any atom is 0.265 e. The van der Waals surface area contributed by atoms with Crippen LogP contribution < -0.4 is 19.5 Å². The van der Waals surface area contributed by atoms with Crippen LogP contribution >= 0.6 is 0 Å². The highest BCUT2D eigenvalue weighted by Crippen LogP contribution is 2.30. The van der Waals surface area contributed by atoms with Crippen molar-refractivity contribution in [3.63, 3.8) is 0 Å². The fraction of sp³-hybridized carbons (Fsp3) is 0.316. The summed E-state index contributed by atoms with van der Waals surface area (Å²) >= 11 is 0. The van der Waals surface area contributed by atoms with E-state index in [1.54, 1.807) is 24.3 Å². The number of sulfonamides is 1. The molecule has 7 nitrogen and oxygen atoms in total. The van der Waals surface area contributed by atoms with Crippen LogP contribution in [0.1, 0.15) is 30.6 Å². The summed E-state index contributed by atoms with van der Waals surface area (Å²) in [5.41, 5.74) is 0.423. The Morgan fingerprint density at radius 1 is 1.11 bits per heavy atom. The Bertz CT molecular complexity index is 912. The quantitative estimate of drug-likeness (QED) is 0.720. The van der Waals surface area contributed by atoms with E-state index in [2.05, 4.69) is 10.0 Å². The van der Waals surface area contributed by atoms with E-state index >= 15 is 0 Å². The molecule has 0 heterocycles. The molecule has 1 atom stereocenters. The summed E-state index contributed by atoms with van der Waals surface area (Å²) in [7, 11) is -1.19. The second-order valence-electron chi connectivity index (χ2n) is 5.95. The van der Waals surface area contributed by atoms with Crippen LogP contribution in [0.3, 0.4) is 0 Å². The smallest absolute Gasteiger partial charge is 0.265 e. The van der Waals surface area contributed by atoms with Crippen LogP contribution in [0.2, 0.25) is 0 Å². The second-order valence-corrected chi connectivity index (χ2v) is 7.60. The summed E-state index contributed by atoms with van der Waals surface area (Å²) < 4.78 is 38.6. The second kappa shape index (κ2) is 8.77. The SMILES string of the molecule is CCC(C)NC(=O)c1ccccc1NS(=O)(=O)c1cc(OC)ccc1OC. The third-order valence-corrected chi connectivity index (χ3v) is 5.45. The van der Waals surface area contributed by atoms with E-state index in [1.165, 1.54) is 32.4 Å². The molecule has 27 heavy (non-hydrogen) atoms. The van der Waals surface area contributed by atoms with Gasteiger partial charge in [-0.1, -0.05) is 19.1 Å². The van der Waals surface area contributed by atoms with Crippen molar-refractivity contribution in [2.24, 2.45) is 0 Å². The third-order valence-electron chi connectivity index (χ3n) is 4.07. The Morgan fingerprint density at radius 3 is 2.44 bits per heavy atom. The number of benzene rings is 2. The summed E-state index contributed by atoms with van der Waals surface area (Å²) in [5, 5.41) is 2.83. The molecule has 0 saturated carbocycles. The molecule has 1 unspecified atom stereocenters. The molecule has 0 saturated heterocycles. The maximum absolute atomic E-state index is 12.9. The Labute approximate surface area is 159 Å². The Hall–Kier alpha value is -2.74. The van der Waals surface area contributed by atoms with Gasteiger partial charge in [0.2, 0.25) is 0 Å². The van der Waals surface area contributed by atoms with Crippen LogP contribution in [0, 0.1) is 0 Å². The summed E-state index contributed by atoms with van der Waals surface area (Å²) in [6.45, 7) is 3.83. The third kappa shape index (κ3) is 4.91. The predicted molar refractivity (Wildman–Crippen MR) is 104 cm³/mol. The zero-order chi connectivity index (χ0) is 20.0. The van der Waals surface area contributed by atoms with Crippen LogP contribution in [0.25, 0.3) is 0 Å². The van der Waals surface area contributed by atoms with Crippen molar-refractivity contribution in [3.05, 3.63) is 48.0 Å². The molecule has 2 aromatic carbocycles. The van der Waals surface area contributed by atoms with E-state index in [0.717, 1.165) is 6.42 Å². The summed E-state index contributed by atoms with van der Waals surface area (Å²) in [4.78, 5) is 12.4. The van der Waals surface area contributed by atoms with Crippen molar-refractivity contribution in [2.75, 3.05) is 18.9 Å². The van der Waals surface area contributed by atoms with Gasteiger partial charge in [0.15, 0.2) is 0 Å². The Morgan fingerprint density at radius 2 is 1.81 bits per heavy atom. The van der Waals surface area contributed by atoms with Crippen molar-refractivity contribution in [3.8, 4) is 11.5 Å². The number of carbonyl (C=O) groups is 1. The standard InChI is InChI=1S/C19H24N2O5S/c1-5-13(2)20-19(22)15-8-6-7-9-16(15)21-27(23,24)18-12-14(25-3)10-11-17(18)26-4/h6-13,21H,5H2,1-4H3,(H,20,22). The van der Waals surface area contributed by atoms with Crippen LogP contribution in [-0.2, 0) is 10.0 Å². The average molecular weight is 392 g/mol. The van der Waals surface area contributed by atoms with Crippen LogP contribution in [0.15, 0.2) is 47.4 Å². The predicted octanol–water partition coefficient (Wildman–Crippen LogP) is 3.03.